The summed E-state index contributed by atoms with van der Waals surface area (Å²) in [6.45, 7) is 3.75. The molecule has 0 aliphatic heterocycles. The van der Waals surface area contributed by atoms with Crippen LogP contribution in [-0.4, -0.2) is 18.3 Å². The first-order valence-electron chi connectivity index (χ1n) is 3.00. The first-order chi connectivity index (χ1) is 4.70. The summed E-state index contributed by atoms with van der Waals surface area (Å²) < 4.78 is 8.16. The molecule has 10 heavy (non-hydrogen) atoms. The van der Waals surface area contributed by atoms with Crippen LogP contribution in [0.1, 0.15) is 20.3 Å². The maximum Gasteiger partial charge on any atom is 0.208 e. The smallest absolute Gasteiger partial charge is 0.208 e. The van der Waals surface area contributed by atoms with E-state index in [0.29, 0.717) is 6.61 Å². The zero-order valence-corrected chi connectivity index (χ0v) is 6.81. The summed E-state index contributed by atoms with van der Waals surface area (Å²) in [6.07, 6.45) is 0.178. The second-order valence-electron chi connectivity index (χ2n) is 1.79. The van der Waals surface area contributed by atoms with Crippen molar-refractivity contribution >= 4 is 23.5 Å². The molecular weight excluding hydrogens is 154 g/mol. The van der Waals surface area contributed by atoms with Crippen LogP contribution in [0, 0.1) is 0 Å². The fraction of sp³-hybridized carbons (Fsp3) is 0.667. The van der Waals surface area contributed by atoms with E-state index in [1.807, 2.05) is 6.92 Å². The standard InChI is InChI=1S/C6H10ClNO2/c1-3-10-6(8-7)4-5(2)9/h3-4H2,1-2H3/b8-6-. The number of carbonyl (C=O) groups is 1. The Kier molecular flexibility index (Phi) is 4.94. The molecular formula is C6H10ClNO2. The van der Waals surface area contributed by atoms with Gasteiger partial charge in [0.15, 0.2) is 0 Å². The van der Waals surface area contributed by atoms with E-state index >= 15 is 0 Å². The van der Waals surface area contributed by atoms with Crippen LogP contribution < -0.4 is 0 Å². The third-order valence-corrected chi connectivity index (χ3v) is 0.994. The molecule has 0 aromatic heterocycles. The number of ether oxygens (including phenoxy) is 1. The lowest BCUT2D eigenvalue weighted by atomic mass is 10.3. The van der Waals surface area contributed by atoms with Gasteiger partial charge in [-0.15, -0.1) is 4.51 Å². The van der Waals surface area contributed by atoms with E-state index in [1.165, 1.54) is 6.92 Å². The second kappa shape index (κ2) is 5.23. The largest absolute Gasteiger partial charge is 0.480 e. The Labute approximate surface area is 65.1 Å². The lowest BCUT2D eigenvalue weighted by Crippen LogP contribution is -2.08. The van der Waals surface area contributed by atoms with E-state index in [-0.39, 0.29) is 18.1 Å². The molecule has 0 fully saturated rings. The van der Waals surface area contributed by atoms with Crippen molar-refractivity contribution in [3.8, 4) is 0 Å². The van der Waals surface area contributed by atoms with Crippen LogP contribution in [0.25, 0.3) is 0 Å². The highest BCUT2D eigenvalue weighted by Crippen LogP contribution is 1.93. The minimum absolute atomic E-state index is 0.00662. The third-order valence-electron chi connectivity index (χ3n) is 0.805. The van der Waals surface area contributed by atoms with E-state index in [9.17, 15) is 4.79 Å². The van der Waals surface area contributed by atoms with Gasteiger partial charge >= 0.3 is 0 Å². The Morgan fingerprint density at radius 1 is 1.70 bits per heavy atom. The van der Waals surface area contributed by atoms with Crippen molar-refractivity contribution in [2.24, 2.45) is 4.51 Å². The average molecular weight is 164 g/mol. The van der Waals surface area contributed by atoms with Gasteiger partial charge in [-0.1, -0.05) is 0 Å². The van der Waals surface area contributed by atoms with Crippen molar-refractivity contribution in [3.63, 3.8) is 0 Å². The molecule has 0 aromatic carbocycles. The lowest BCUT2D eigenvalue weighted by molar-refractivity contribution is -0.116. The molecule has 0 spiro atoms. The summed E-state index contributed by atoms with van der Waals surface area (Å²) in [5.41, 5.74) is 0. The van der Waals surface area contributed by atoms with Crippen LogP contribution in [0.4, 0.5) is 0 Å². The number of hydrogen-bond donors (Lipinski definition) is 0. The zero-order chi connectivity index (χ0) is 7.98. The van der Waals surface area contributed by atoms with Crippen molar-refractivity contribution in [1.82, 2.24) is 0 Å². The molecule has 0 heterocycles. The van der Waals surface area contributed by atoms with Crippen LogP contribution in [-0.2, 0) is 9.53 Å². The quantitative estimate of drug-likeness (QED) is 0.468. The van der Waals surface area contributed by atoms with Gasteiger partial charge < -0.3 is 4.74 Å². The lowest BCUT2D eigenvalue weighted by Gasteiger charge is -2.01. The predicted octanol–water partition coefficient (Wildman–Crippen LogP) is 1.55. The minimum Gasteiger partial charge on any atom is -0.480 e. The van der Waals surface area contributed by atoms with Crippen LogP contribution in [0.2, 0.25) is 0 Å². The molecule has 0 bridgehead atoms. The molecule has 0 saturated heterocycles. The highest BCUT2D eigenvalue weighted by molar-refractivity contribution is 6.20. The Morgan fingerprint density at radius 3 is 2.60 bits per heavy atom. The van der Waals surface area contributed by atoms with Crippen molar-refractivity contribution in [1.29, 1.82) is 0 Å². The molecule has 0 radical (unpaired) electrons. The van der Waals surface area contributed by atoms with Gasteiger partial charge in [0.2, 0.25) is 5.90 Å². The number of hydrogen-bond acceptors (Lipinski definition) is 3. The maximum absolute atomic E-state index is 10.5. The average Bonchev–Trinajstić information content (AvgIpc) is 1.86. The Hall–Kier alpha value is -0.570. The summed E-state index contributed by atoms with van der Waals surface area (Å²) in [6, 6.07) is 0. The molecule has 4 heteroatoms. The Balaban J connectivity index is 3.73. The Bertz CT molecular complexity index is 145. The van der Waals surface area contributed by atoms with Crippen molar-refractivity contribution in [3.05, 3.63) is 0 Å². The summed E-state index contributed by atoms with van der Waals surface area (Å²) in [4.78, 5) is 10.5. The normalized spacial score (nSPS) is 11.3. The third kappa shape index (κ3) is 4.32. The summed E-state index contributed by atoms with van der Waals surface area (Å²) in [7, 11) is 0. The number of nitrogens with zero attached hydrogens (tertiary/aromatic N) is 1. The van der Waals surface area contributed by atoms with Gasteiger partial charge in [0.05, 0.1) is 13.0 Å². The van der Waals surface area contributed by atoms with Crippen molar-refractivity contribution in [2.45, 2.75) is 20.3 Å². The number of halogens is 1. The number of rotatable bonds is 3. The van der Waals surface area contributed by atoms with E-state index < -0.39 is 0 Å². The molecule has 0 N–H and O–H groups in total. The van der Waals surface area contributed by atoms with E-state index in [4.69, 9.17) is 16.5 Å². The monoisotopic (exact) mass is 163 g/mol. The second-order valence-corrected chi connectivity index (χ2v) is 1.96. The highest BCUT2D eigenvalue weighted by atomic mass is 35.5. The van der Waals surface area contributed by atoms with Crippen LogP contribution in [0.5, 0.6) is 0 Å². The molecule has 0 rings (SSSR count). The summed E-state index contributed by atoms with van der Waals surface area (Å²) >= 11 is 5.10. The fourth-order valence-electron chi connectivity index (χ4n) is 0.485. The maximum atomic E-state index is 10.5. The van der Waals surface area contributed by atoms with Gasteiger partial charge in [0, 0.05) is 11.8 Å². The molecule has 0 amide bonds. The zero-order valence-electron chi connectivity index (χ0n) is 6.06. The van der Waals surface area contributed by atoms with Gasteiger partial charge in [-0.25, -0.2) is 0 Å². The predicted molar refractivity (Wildman–Crippen MR) is 40.2 cm³/mol. The summed E-state index contributed by atoms with van der Waals surface area (Å²) in [5, 5.41) is 0. The fourth-order valence-corrected chi connectivity index (χ4v) is 0.593. The van der Waals surface area contributed by atoms with E-state index in [1.54, 1.807) is 0 Å². The van der Waals surface area contributed by atoms with Crippen LogP contribution in [0.15, 0.2) is 4.51 Å². The molecule has 3 nitrogen and oxygen atoms in total. The van der Waals surface area contributed by atoms with Gasteiger partial charge in [-0.2, -0.15) is 0 Å². The number of Topliss-reactive ketones (excluding diaryl/α,β-unsaturated/α-hetero) is 1. The SMILES string of the molecule is CCO/C(CC(C)=O)=N\Cl. The molecule has 58 valence electrons. The van der Waals surface area contributed by atoms with E-state index in [0.717, 1.165) is 0 Å². The molecule has 0 unspecified atom stereocenters. The van der Waals surface area contributed by atoms with Crippen LogP contribution >= 0.6 is 11.8 Å². The van der Waals surface area contributed by atoms with Gasteiger partial charge in [0.1, 0.15) is 5.78 Å². The number of ketones is 1. The van der Waals surface area contributed by atoms with Gasteiger partial charge in [-0.3, -0.25) is 4.79 Å². The van der Waals surface area contributed by atoms with Crippen LogP contribution in [0.3, 0.4) is 0 Å². The topological polar surface area (TPSA) is 38.7 Å². The minimum atomic E-state index is -0.00662. The highest BCUT2D eigenvalue weighted by Gasteiger charge is 2.01. The first kappa shape index (κ1) is 9.43. The molecule has 0 atom stereocenters. The molecule has 0 aromatic rings. The van der Waals surface area contributed by atoms with Gasteiger partial charge in [-0.05, 0) is 13.8 Å². The number of carbonyl (C=O) groups excluding carboxylic acids is 1. The first-order valence-corrected chi connectivity index (χ1v) is 3.34. The molecule has 0 saturated carbocycles. The Morgan fingerprint density at radius 2 is 2.30 bits per heavy atom. The molecule has 0 aliphatic rings. The van der Waals surface area contributed by atoms with E-state index in [2.05, 4.69) is 4.51 Å². The summed E-state index contributed by atoms with van der Waals surface area (Å²) in [5.74, 6) is 0.282. The van der Waals surface area contributed by atoms with Crippen molar-refractivity contribution < 1.29 is 9.53 Å². The van der Waals surface area contributed by atoms with Crippen molar-refractivity contribution in [2.75, 3.05) is 6.61 Å². The molecule has 0 aliphatic carbocycles. The van der Waals surface area contributed by atoms with Gasteiger partial charge in [0.25, 0.3) is 0 Å².